The van der Waals surface area contributed by atoms with E-state index in [0.29, 0.717) is 24.2 Å². The summed E-state index contributed by atoms with van der Waals surface area (Å²) in [7, 11) is 1.63. The highest BCUT2D eigenvalue weighted by Crippen LogP contribution is 2.46. The van der Waals surface area contributed by atoms with Crippen LogP contribution in [0.15, 0.2) is 103 Å². The maximum absolute atomic E-state index is 13.9. The number of nitrogens with one attached hydrogen (secondary N) is 2. The minimum absolute atomic E-state index is 0.0222. The number of aromatic nitrogens is 1. The molecular weight excluding hydrogens is 596 g/mol. The molecule has 0 saturated carbocycles. The predicted octanol–water partition coefficient (Wildman–Crippen LogP) is 5.57. The molecule has 0 spiro atoms. The Balaban J connectivity index is 1.17. The highest BCUT2D eigenvalue weighted by molar-refractivity contribution is 8.01. The molecule has 46 heavy (non-hydrogen) atoms. The second kappa shape index (κ2) is 13.7. The van der Waals surface area contributed by atoms with E-state index in [9.17, 15) is 14.4 Å². The summed E-state index contributed by atoms with van der Waals surface area (Å²) in [4.78, 5) is 43.8. The lowest BCUT2D eigenvalue weighted by molar-refractivity contribution is -0.124. The molecule has 8 nitrogen and oxygen atoms in total. The second-order valence-corrected chi connectivity index (χ2v) is 12.2. The summed E-state index contributed by atoms with van der Waals surface area (Å²) in [5.41, 5.74) is 11.1. The SMILES string of the molecule is COc1ccc2[nH]cc(CCNC(=O)C[C@H]3S[C@@H](c4ccc(C#Cc5ccccc5)cc4)N(c4cccc(C(N)=O)c4)C3=O)c2c1. The van der Waals surface area contributed by atoms with Crippen molar-refractivity contribution >= 4 is 46.1 Å². The van der Waals surface area contributed by atoms with Crippen molar-refractivity contribution in [2.24, 2.45) is 5.73 Å². The van der Waals surface area contributed by atoms with Crippen molar-refractivity contribution in [2.45, 2.75) is 23.5 Å². The normalized spacial score (nSPS) is 15.8. The molecule has 6 rings (SSSR count). The molecule has 0 unspecified atom stereocenters. The van der Waals surface area contributed by atoms with Crippen LogP contribution in [-0.2, 0) is 16.0 Å². The molecule has 0 bridgehead atoms. The van der Waals surface area contributed by atoms with Crippen LogP contribution in [0.5, 0.6) is 5.75 Å². The lowest BCUT2D eigenvalue weighted by Crippen LogP contribution is -2.34. The van der Waals surface area contributed by atoms with Gasteiger partial charge in [-0.05, 0) is 78.2 Å². The van der Waals surface area contributed by atoms with Gasteiger partial charge in [-0.1, -0.05) is 48.2 Å². The third-order valence-corrected chi connectivity index (χ3v) is 9.27. The molecule has 3 amide bonds. The average molecular weight is 629 g/mol. The Labute approximate surface area is 271 Å². The fourth-order valence-corrected chi connectivity index (χ4v) is 6.90. The molecular formula is C37H32N4O4S. The van der Waals surface area contributed by atoms with Gasteiger partial charge in [-0.3, -0.25) is 19.3 Å². The van der Waals surface area contributed by atoms with Crippen molar-refractivity contribution in [3.8, 4) is 17.6 Å². The first-order valence-electron chi connectivity index (χ1n) is 14.9. The van der Waals surface area contributed by atoms with Crippen LogP contribution in [0.1, 0.15) is 44.4 Å². The summed E-state index contributed by atoms with van der Waals surface area (Å²) in [6.07, 6.45) is 2.58. The molecule has 0 radical (unpaired) electrons. The summed E-state index contributed by atoms with van der Waals surface area (Å²) in [6.45, 7) is 0.424. The lowest BCUT2D eigenvalue weighted by atomic mass is 10.1. The molecule has 2 heterocycles. The molecule has 1 saturated heterocycles. The van der Waals surface area contributed by atoms with E-state index < -0.39 is 16.5 Å². The van der Waals surface area contributed by atoms with Crippen LogP contribution in [0.25, 0.3) is 10.9 Å². The number of nitrogens with two attached hydrogens (primary N) is 1. The van der Waals surface area contributed by atoms with Crippen LogP contribution in [-0.4, -0.2) is 41.6 Å². The van der Waals surface area contributed by atoms with E-state index in [-0.39, 0.29) is 18.2 Å². The maximum Gasteiger partial charge on any atom is 0.248 e. The molecule has 1 fully saturated rings. The van der Waals surface area contributed by atoms with Gasteiger partial charge < -0.3 is 20.8 Å². The van der Waals surface area contributed by atoms with Gasteiger partial charge in [0, 0.05) is 52.4 Å². The van der Waals surface area contributed by atoms with Crippen LogP contribution in [0, 0.1) is 11.8 Å². The van der Waals surface area contributed by atoms with Crippen molar-refractivity contribution in [3.63, 3.8) is 0 Å². The molecule has 1 aliphatic rings. The number of ether oxygens (including phenoxy) is 1. The number of benzene rings is 4. The number of fused-ring (bicyclic) bond motifs is 1. The molecule has 1 aromatic heterocycles. The zero-order valence-corrected chi connectivity index (χ0v) is 26.0. The molecule has 5 aromatic rings. The van der Waals surface area contributed by atoms with Gasteiger partial charge in [0.2, 0.25) is 17.7 Å². The van der Waals surface area contributed by atoms with E-state index in [4.69, 9.17) is 10.5 Å². The Hall–Kier alpha value is -5.46. The smallest absolute Gasteiger partial charge is 0.248 e. The fourth-order valence-electron chi connectivity index (χ4n) is 5.45. The van der Waals surface area contributed by atoms with Gasteiger partial charge in [0.1, 0.15) is 11.1 Å². The number of hydrogen-bond donors (Lipinski definition) is 3. The average Bonchev–Trinajstić information content (AvgIpc) is 3.64. The molecule has 4 N–H and O–H groups in total. The van der Waals surface area contributed by atoms with Crippen LogP contribution in [0.4, 0.5) is 5.69 Å². The van der Waals surface area contributed by atoms with Gasteiger partial charge in [-0.25, -0.2) is 0 Å². The molecule has 1 aliphatic heterocycles. The number of rotatable bonds is 9. The number of primary amides is 1. The zero-order valence-electron chi connectivity index (χ0n) is 25.2. The summed E-state index contributed by atoms with van der Waals surface area (Å²) < 4.78 is 5.36. The Morgan fingerprint density at radius 1 is 0.957 bits per heavy atom. The Morgan fingerprint density at radius 3 is 2.46 bits per heavy atom. The van der Waals surface area contributed by atoms with Crippen LogP contribution < -0.4 is 20.7 Å². The number of H-pyrrole nitrogens is 1. The summed E-state index contributed by atoms with van der Waals surface area (Å²) >= 11 is 1.42. The number of nitrogens with zero attached hydrogens (tertiary/aromatic N) is 1. The van der Waals surface area contributed by atoms with Gasteiger partial charge in [-0.2, -0.15) is 0 Å². The van der Waals surface area contributed by atoms with E-state index in [1.54, 1.807) is 36.3 Å². The van der Waals surface area contributed by atoms with Gasteiger partial charge in [0.15, 0.2) is 0 Å². The molecule has 4 aromatic carbocycles. The van der Waals surface area contributed by atoms with E-state index in [2.05, 4.69) is 22.1 Å². The molecule has 230 valence electrons. The topological polar surface area (TPSA) is 118 Å². The van der Waals surface area contributed by atoms with Gasteiger partial charge in [0.05, 0.1) is 12.4 Å². The molecule has 0 aliphatic carbocycles. The van der Waals surface area contributed by atoms with Crippen molar-refractivity contribution < 1.29 is 19.1 Å². The zero-order chi connectivity index (χ0) is 32.0. The minimum atomic E-state index is -0.614. The van der Waals surface area contributed by atoms with Gasteiger partial charge >= 0.3 is 0 Å². The Kier molecular flexibility index (Phi) is 9.08. The third-order valence-electron chi connectivity index (χ3n) is 7.83. The third kappa shape index (κ3) is 6.77. The number of amides is 3. The van der Waals surface area contributed by atoms with Gasteiger partial charge in [0.25, 0.3) is 0 Å². The lowest BCUT2D eigenvalue weighted by Gasteiger charge is -2.24. The van der Waals surface area contributed by atoms with Crippen molar-refractivity contribution in [1.82, 2.24) is 10.3 Å². The van der Waals surface area contributed by atoms with Crippen LogP contribution in [0.2, 0.25) is 0 Å². The minimum Gasteiger partial charge on any atom is -0.497 e. The van der Waals surface area contributed by atoms with E-state index in [0.717, 1.165) is 38.9 Å². The fraction of sp³-hybridized carbons (Fsp3) is 0.162. The number of carbonyl (C=O) groups is 3. The molecule has 2 atom stereocenters. The number of anilines is 1. The Morgan fingerprint density at radius 2 is 1.72 bits per heavy atom. The second-order valence-electron chi connectivity index (χ2n) is 10.9. The van der Waals surface area contributed by atoms with Crippen molar-refractivity contribution in [2.75, 3.05) is 18.6 Å². The number of hydrogen-bond acceptors (Lipinski definition) is 5. The number of aromatic amines is 1. The largest absolute Gasteiger partial charge is 0.497 e. The van der Waals surface area contributed by atoms with E-state index in [1.807, 2.05) is 79.0 Å². The number of thioether (sulfide) groups is 1. The van der Waals surface area contributed by atoms with E-state index >= 15 is 0 Å². The number of carbonyl (C=O) groups excluding carboxylic acids is 3. The summed E-state index contributed by atoms with van der Waals surface area (Å²) in [5, 5.41) is 3.01. The van der Waals surface area contributed by atoms with Gasteiger partial charge in [-0.15, -0.1) is 11.8 Å². The molecule has 9 heteroatoms. The van der Waals surface area contributed by atoms with Crippen molar-refractivity contribution in [3.05, 3.63) is 131 Å². The first-order chi connectivity index (χ1) is 22.4. The monoisotopic (exact) mass is 628 g/mol. The van der Waals surface area contributed by atoms with Crippen LogP contribution in [0.3, 0.4) is 0 Å². The highest BCUT2D eigenvalue weighted by atomic mass is 32.2. The predicted molar refractivity (Wildman–Crippen MR) is 182 cm³/mol. The van der Waals surface area contributed by atoms with Crippen LogP contribution >= 0.6 is 11.8 Å². The van der Waals surface area contributed by atoms with Crippen molar-refractivity contribution in [1.29, 1.82) is 0 Å². The first-order valence-corrected chi connectivity index (χ1v) is 15.8. The standard InChI is InChI=1S/C37H32N4O4S/c1-45-30-16-17-32-31(21-30)28(23-40-32)18-19-39-34(42)22-33-36(44)41(29-9-5-8-27(20-29)35(38)43)37(46-33)26-14-12-25(13-15-26)11-10-24-6-3-2-4-7-24/h2-9,12-17,20-21,23,33,37,40H,18-19,22H2,1H3,(H2,38,43)(H,39,42)/t33-,37+/m1/s1. The summed E-state index contributed by atoms with van der Waals surface area (Å²) in [5.74, 6) is 6.12. The summed E-state index contributed by atoms with van der Waals surface area (Å²) in [6, 6.07) is 30.0. The van der Waals surface area contributed by atoms with E-state index in [1.165, 1.54) is 11.8 Å². The first kappa shape index (κ1) is 30.6. The maximum atomic E-state index is 13.9. The quantitative estimate of drug-likeness (QED) is 0.185. The number of methoxy groups -OCH3 is 1. The highest BCUT2D eigenvalue weighted by Gasteiger charge is 2.42. The Bertz CT molecular complexity index is 1960.